The largest absolute Gasteiger partial charge is 0.498 e. The van der Waals surface area contributed by atoms with Crippen molar-refractivity contribution < 1.29 is 23.4 Å². The number of carbonyl (C=O) groups excluding carboxylic acids is 1. The van der Waals surface area contributed by atoms with Crippen molar-refractivity contribution in [3.8, 4) is 5.88 Å². The Bertz CT molecular complexity index is 1410. The summed E-state index contributed by atoms with van der Waals surface area (Å²) in [4.78, 5) is 23.7. The van der Waals surface area contributed by atoms with E-state index in [0.29, 0.717) is 42.1 Å². The normalized spacial score (nSPS) is 17.0. The first-order valence-electron chi connectivity index (χ1n) is 14.0. The Labute approximate surface area is 244 Å². The molecule has 216 valence electrons. The molecule has 0 bridgehead atoms. The van der Waals surface area contributed by atoms with E-state index in [1.54, 1.807) is 37.4 Å². The highest BCUT2D eigenvalue weighted by Gasteiger charge is 2.23. The molecule has 0 spiro atoms. The van der Waals surface area contributed by atoms with E-state index in [4.69, 9.17) is 30.8 Å². The molecule has 0 N–H and O–H groups in total. The molecule has 41 heavy (non-hydrogen) atoms. The number of carbonyl (C=O) groups is 1. The first-order valence-corrected chi connectivity index (χ1v) is 14.3. The second kappa shape index (κ2) is 13.8. The van der Waals surface area contributed by atoms with Crippen LogP contribution in [0.5, 0.6) is 5.88 Å². The Morgan fingerprint density at radius 3 is 2.80 bits per heavy atom. The fourth-order valence-electron chi connectivity index (χ4n) is 4.93. The Hall–Kier alpha value is -3.69. The monoisotopic (exact) mass is 580 g/mol. The zero-order valence-corrected chi connectivity index (χ0v) is 23.9. The van der Waals surface area contributed by atoms with Gasteiger partial charge in [0, 0.05) is 47.3 Å². The molecule has 2 aliphatic heterocycles. The first-order chi connectivity index (χ1) is 20.0. The fraction of sp³-hybridized carbons (Fsp3) is 0.387. The second-order valence-corrected chi connectivity index (χ2v) is 10.5. The molecule has 2 fully saturated rings. The topological polar surface area (TPSA) is 78.7 Å². The number of esters is 1. The quantitative estimate of drug-likeness (QED) is 0.206. The highest BCUT2D eigenvalue weighted by Crippen LogP contribution is 2.29. The molecule has 0 aliphatic carbocycles. The summed E-state index contributed by atoms with van der Waals surface area (Å²) in [7, 11) is 0. The summed E-state index contributed by atoms with van der Waals surface area (Å²) in [5.41, 5.74) is 2.27. The van der Waals surface area contributed by atoms with Gasteiger partial charge < -0.3 is 18.8 Å². The summed E-state index contributed by atoms with van der Waals surface area (Å²) in [6, 6.07) is 10.3. The van der Waals surface area contributed by atoms with Crippen molar-refractivity contribution in [1.29, 1.82) is 0 Å². The molecule has 0 saturated carbocycles. The Balaban J connectivity index is 1.19. The number of hydrogen-bond acceptors (Lipinski definition) is 7. The number of allylic oxidation sites excluding steroid dienone is 1. The zero-order chi connectivity index (χ0) is 28.6. The minimum Gasteiger partial charge on any atom is -0.498 e. The molecule has 2 saturated heterocycles. The second-order valence-electron chi connectivity index (χ2n) is 10.0. The highest BCUT2D eigenvalue weighted by atomic mass is 35.5. The van der Waals surface area contributed by atoms with Gasteiger partial charge in [-0.05, 0) is 63.2 Å². The van der Waals surface area contributed by atoms with Gasteiger partial charge >= 0.3 is 5.97 Å². The predicted octanol–water partition coefficient (Wildman–Crippen LogP) is 5.91. The number of benzene rings is 1. The number of hydrogen-bond donors (Lipinski definition) is 0. The van der Waals surface area contributed by atoms with E-state index in [0.717, 1.165) is 61.9 Å². The number of likely N-dealkylation sites (tertiary alicyclic amines) is 1. The predicted molar refractivity (Wildman–Crippen MR) is 154 cm³/mol. The van der Waals surface area contributed by atoms with Crippen LogP contribution in [0.3, 0.4) is 0 Å². The first kappa shape index (κ1) is 28.8. The maximum Gasteiger partial charge on any atom is 0.330 e. The minimum atomic E-state index is -0.392. The number of aromatic nitrogens is 3. The molecular formula is C31H34ClFN4O4. The standard InChI is InChI=1S/C31H34ClFN4O4/c1-2-39-31(38)9-8-25-19-34-29(37(25)16-12-26-13-17-40-26)20-36-14-10-22(11-15-36)28-4-3-5-30(35-28)41-21-23-6-7-24(32)18-27(23)33/h3-9,12,18-19,22H,2,10-11,13-17,20-21H2,1H3/b9-8+,26-12+. The lowest BCUT2D eigenvalue weighted by Gasteiger charge is -2.31. The van der Waals surface area contributed by atoms with Crippen molar-refractivity contribution in [3.63, 3.8) is 0 Å². The molecular weight excluding hydrogens is 547 g/mol. The average Bonchev–Trinajstić information content (AvgIpc) is 3.32. The molecule has 2 aliphatic rings. The van der Waals surface area contributed by atoms with Gasteiger partial charge in [-0.2, -0.15) is 0 Å². The molecule has 0 amide bonds. The lowest BCUT2D eigenvalue weighted by atomic mass is 9.93. The van der Waals surface area contributed by atoms with Gasteiger partial charge in [-0.1, -0.05) is 23.7 Å². The van der Waals surface area contributed by atoms with Crippen LogP contribution >= 0.6 is 11.6 Å². The molecule has 4 heterocycles. The fourth-order valence-corrected chi connectivity index (χ4v) is 5.09. The summed E-state index contributed by atoms with van der Waals surface area (Å²) < 4.78 is 32.5. The van der Waals surface area contributed by atoms with Crippen LogP contribution in [0.15, 0.2) is 60.5 Å². The minimum absolute atomic E-state index is 0.0876. The van der Waals surface area contributed by atoms with Gasteiger partial charge in [0.15, 0.2) is 0 Å². The summed E-state index contributed by atoms with van der Waals surface area (Å²) in [6.07, 6.45) is 9.92. The van der Waals surface area contributed by atoms with Crippen LogP contribution in [0.2, 0.25) is 5.02 Å². The van der Waals surface area contributed by atoms with Crippen molar-refractivity contribution in [3.05, 3.63) is 94.1 Å². The molecule has 10 heteroatoms. The molecule has 8 nitrogen and oxygen atoms in total. The lowest BCUT2D eigenvalue weighted by Crippen LogP contribution is -2.33. The highest BCUT2D eigenvalue weighted by molar-refractivity contribution is 6.30. The van der Waals surface area contributed by atoms with Crippen molar-refractivity contribution >= 4 is 23.6 Å². The molecule has 0 unspecified atom stereocenters. The summed E-state index contributed by atoms with van der Waals surface area (Å²) in [6.45, 7) is 6.10. The van der Waals surface area contributed by atoms with Gasteiger partial charge in [-0.25, -0.2) is 19.2 Å². The van der Waals surface area contributed by atoms with Crippen LogP contribution in [0.25, 0.3) is 6.08 Å². The van der Waals surface area contributed by atoms with E-state index >= 15 is 0 Å². The van der Waals surface area contributed by atoms with E-state index in [2.05, 4.69) is 20.5 Å². The number of rotatable bonds is 11. The summed E-state index contributed by atoms with van der Waals surface area (Å²) >= 11 is 5.84. The Morgan fingerprint density at radius 1 is 1.24 bits per heavy atom. The van der Waals surface area contributed by atoms with Crippen molar-refractivity contribution in [2.75, 3.05) is 26.3 Å². The van der Waals surface area contributed by atoms with Crippen LogP contribution in [-0.2, 0) is 34.0 Å². The third kappa shape index (κ3) is 7.74. The van der Waals surface area contributed by atoms with Crippen LogP contribution in [0.1, 0.15) is 54.9 Å². The summed E-state index contributed by atoms with van der Waals surface area (Å²) in [5, 5.41) is 0.355. The maximum absolute atomic E-state index is 14.1. The third-order valence-corrected chi connectivity index (χ3v) is 7.53. The molecule has 2 aromatic heterocycles. The summed E-state index contributed by atoms with van der Waals surface area (Å²) in [5.74, 6) is 1.95. The molecule has 5 rings (SSSR count). The van der Waals surface area contributed by atoms with Crippen LogP contribution < -0.4 is 4.74 Å². The molecule has 0 atom stereocenters. The van der Waals surface area contributed by atoms with Crippen LogP contribution in [0.4, 0.5) is 4.39 Å². The number of halogens is 2. The number of pyridine rings is 1. The van der Waals surface area contributed by atoms with Crippen molar-refractivity contribution in [2.45, 2.75) is 51.8 Å². The van der Waals surface area contributed by atoms with E-state index < -0.39 is 5.82 Å². The van der Waals surface area contributed by atoms with E-state index in [9.17, 15) is 9.18 Å². The Morgan fingerprint density at radius 2 is 2.07 bits per heavy atom. The van der Waals surface area contributed by atoms with Gasteiger partial charge in [0.05, 0.1) is 37.4 Å². The van der Waals surface area contributed by atoms with Gasteiger partial charge in [-0.15, -0.1) is 0 Å². The van der Waals surface area contributed by atoms with E-state index in [1.165, 1.54) is 12.1 Å². The number of imidazole rings is 1. The van der Waals surface area contributed by atoms with Gasteiger partial charge in [0.2, 0.25) is 5.88 Å². The molecule has 3 aromatic rings. The third-order valence-electron chi connectivity index (χ3n) is 7.29. The van der Waals surface area contributed by atoms with Crippen LogP contribution in [-0.4, -0.2) is 51.7 Å². The SMILES string of the molecule is CCOC(=O)/C=C/c1cnc(CN2CCC(c3cccc(OCc4ccc(Cl)cc4F)n3)CC2)n1C/C=C1\CCO1. The van der Waals surface area contributed by atoms with Gasteiger partial charge in [0.1, 0.15) is 18.2 Å². The average molecular weight is 581 g/mol. The Kier molecular flexibility index (Phi) is 9.69. The van der Waals surface area contributed by atoms with Crippen LogP contribution in [0, 0.1) is 5.82 Å². The number of ether oxygens (including phenoxy) is 3. The maximum atomic E-state index is 14.1. The van der Waals surface area contributed by atoms with E-state index in [-0.39, 0.29) is 12.6 Å². The lowest BCUT2D eigenvalue weighted by molar-refractivity contribution is -0.137. The zero-order valence-electron chi connectivity index (χ0n) is 23.1. The molecule has 1 aromatic carbocycles. The van der Waals surface area contributed by atoms with Gasteiger partial charge in [-0.3, -0.25) is 4.90 Å². The van der Waals surface area contributed by atoms with Gasteiger partial charge in [0.25, 0.3) is 0 Å². The van der Waals surface area contributed by atoms with Crippen molar-refractivity contribution in [2.24, 2.45) is 0 Å². The number of piperidine rings is 1. The molecule has 0 radical (unpaired) electrons. The van der Waals surface area contributed by atoms with E-state index in [1.807, 2.05) is 12.1 Å². The number of nitrogens with zero attached hydrogens (tertiary/aromatic N) is 4. The smallest absolute Gasteiger partial charge is 0.330 e. The van der Waals surface area contributed by atoms with Crippen molar-refractivity contribution in [1.82, 2.24) is 19.4 Å².